The van der Waals surface area contributed by atoms with Gasteiger partial charge in [0.2, 0.25) is 0 Å². The monoisotopic (exact) mass is 275 g/mol. The van der Waals surface area contributed by atoms with E-state index in [-0.39, 0.29) is 0 Å². The first-order valence-electron chi connectivity index (χ1n) is 8.51. The van der Waals surface area contributed by atoms with E-state index >= 15 is 0 Å². The van der Waals surface area contributed by atoms with Gasteiger partial charge in [0.1, 0.15) is 5.82 Å². The number of nitrogens with one attached hydrogen (secondary N) is 1. The Morgan fingerprint density at radius 3 is 2.65 bits per heavy atom. The lowest BCUT2D eigenvalue weighted by atomic mass is 9.84. The van der Waals surface area contributed by atoms with Crippen LogP contribution in [0.3, 0.4) is 0 Å². The minimum Gasteiger partial charge on any atom is -0.328 e. The highest BCUT2D eigenvalue weighted by Gasteiger charge is 2.28. The van der Waals surface area contributed by atoms with E-state index < -0.39 is 0 Å². The zero-order chi connectivity index (χ0) is 14.1. The maximum absolute atomic E-state index is 4.97. The lowest BCUT2D eigenvalue weighted by Crippen LogP contribution is -2.27. The number of rotatable bonds is 3. The lowest BCUT2D eigenvalue weighted by molar-refractivity contribution is 0.260. The molecule has 0 atom stereocenters. The van der Waals surface area contributed by atoms with Gasteiger partial charge in [-0.2, -0.15) is 0 Å². The standard InChI is InChI=1S/C17H29N3/c1-4-13-5-7-14(8-6-13)20-16-9-10-18-11-15(16)19-17(20)12(2)3/h12-14,18H,4-11H2,1-3H3. The Balaban J connectivity index is 1.89. The third kappa shape index (κ3) is 2.52. The van der Waals surface area contributed by atoms with Crippen LogP contribution in [0, 0.1) is 5.92 Å². The number of imidazole rings is 1. The Morgan fingerprint density at radius 1 is 1.25 bits per heavy atom. The summed E-state index contributed by atoms with van der Waals surface area (Å²) in [7, 11) is 0. The smallest absolute Gasteiger partial charge is 0.112 e. The summed E-state index contributed by atoms with van der Waals surface area (Å²) in [5.74, 6) is 2.83. The van der Waals surface area contributed by atoms with E-state index in [1.54, 1.807) is 0 Å². The highest BCUT2D eigenvalue weighted by molar-refractivity contribution is 5.23. The molecule has 0 aromatic carbocycles. The van der Waals surface area contributed by atoms with Gasteiger partial charge in [0, 0.05) is 37.2 Å². The lowest BCUT2D eigenvalue weighted by Gasteiger charge is -2.32. The molecular weight excluding hydrogens is 246 g/mol. The minimum absolute atomic E-state index is 0.532. The van der Waals surface area contributed by atoms with E-state index in [2.05, 4.69) is 30.7 Å². The number of nitrogens with zero attached hydrogens (tertiary/aromatic N) is 2. The number of hydrogen-bond donors (Lipinski definition) is 1. The molecule has 0 spiro atoms. The van der Waals surface area contributed by atoms with E-state index in [9.17, 15) is 0 Å². The predicted molar refractivity (Wildman–Crippen MR) is 83.0 cm³/mol. The molecule has 0 amide bonds. The molecule has 2 heterocycles. The van der Waals surface area contributed by atoms with E-state index in [1.165, 1.54) is 49.3 Å². The number of aromatic nitrogens is 2. The molecule has 3 heteroatoms. The highest BCUT2D eigenvalue weighted by atomic mass is 15.1. The van der Waals surface area contributed by atoms with E-state index in [0.29, 0.717) is 12.0 Å². The molecule has 3 nitrogen and oxygen atoms in total. The van der Waals surface area contributed by atoms with Crippen molar-refractivity contribution in [2.24, 2.45) is 5.92 Å². The van der Waals surface area contributed by atoms with Crippen LogP contribution in [0.5, 0.6) is 0 Å². The first-order chi connectivity index (χ1) is 9.70. The van der Waals surface area contributed by atoms with Crippen molar-refractivity contribution in [1.29, 1.82) is 0 Å². The average molecular weight is 275 g/mol. The highest BCUT2D eigenvalue weighted by Crippen LogP contribution is 2.37. The van der Waals surface area contributed by atoms with E-state index in [0.717, 1.165) is 25.4 Å². The summed E-state index contributed by atoms with van der Waals surface area (Å²) in [6, 6.07) is 0.713. The van der Waals surface area contributed by atoms with Crippen molar-refractivity contribution < 1.29 is 0 Å². The quantitative estimate of drug-likeness (QED) is 0.909. The van der Waals surface area contributed by atoms with Crippen molar-refractivity contribution in [3.63, 3.8) is 0 Å². The van der Waals surface area contributed by atoms with Crippen LogP contribution in [-0.2, 0) is 13.0 Å². The normalized spacial score (nSPS) is 26.8. The molecule has 20 heavy (non-hydrogen) atoms. The Bertz CT molecular complexity index is 453. The van der Waals surface area contributed by atoms with Gasteiger partial charge in [-0.1, -0.05) is 27.2 Å². The molecule has 0 bridgehead atoms. The Hall–Kier alpha value is -0.830. The molecule has 1 saturated carbocycles. The van der Waals surface area contributed by atoms with Crippen LogP contribution < -0.4 is 5.32 Å². The van der Waals surface area contributed by atoms with Crippen molar-refractivity contribution in [2.45, 2.75) is 77.8 Å². The molecule has 1 aliphatic heterocycles. The summed E-state index contributed by atoms with van der Waals surface area (Å²) in [6.07, 6.45) is 8.04. The SMILES string of the molecule is CCC1CCC(n2c(C(C)C)nc3c2CCNC3)CC1. The van der Waals surface area contributed by atoms with Crippen molar-refractivity contribution in [3.05, 3.63) is 17.2 Å². The number of hydrogen-bond acceptors (Lipinski definition) is 2. The second-order valence-electron chi connectivity index (χ2n) is 6.90. The van der Waals surface area contributed by atoms with Crippen LogP contribution in [0.15, 0.2) is 0 Å². The van der Waals surface area contributed by atoms with Gasteiger partial charge in [-0.05, 0) is 31.6 Å². The molecule has 3 rings (SSSR count). The molecule has 0 unspecified atom stereocenters. The average Bonchev–Trinajstić information content (AvgIpc) is 2.87. The van der Waals surface area contributed by atoms with E-state index in [1.807, 2.05) is 0 Å². The van der Waals surface area contributed by atoms with E-state index in [4.69, 9.17) is 4.98 Å². The molecule has 1 aliphatic carbocycles. The summed E-state index contributed by atoms with van der Waals surface area (Å²) >= 11 is 0. The molecule has 1 N–H and O–H groups in total. The molecule has 2 aliphatic rings. The van der Waals surface area contributed by atoms with Gasteiger partial charge in [0.25, 0.3) is 0 Å². The molecule has 0 saturated heterocycles. The van der Waals surface area contributed by atoms with Gasteiger partial charge in [-0.15, -0.1) is 0 Å². The molecule has 1 fully saturated rings. The topological polar surface area (TPSA) is 29.9 Å². The Labute approximate surface area is 123 Å². The van der Waals surface area contributed by atoms with Gasteiger partial charge in [-0.25, -0.2) is 4.98 Å². The van der Waals surface area contributed by atoms with Crippen LogP contribution in [0.1, 0.15) is 82.0 Å². The largest absolute Gasteiger partial charge is 0.328 e. The molecule has 0 radical (unpaired) electrons. The van der Waals surface area contributed by atoms with Gasteiger partial charge in [-0.3, -0.25) is 0 Å². The fourth-order valence-corrected chi connectivity index (χ4v) is 3.98. The second kappa shape index (κ2) is 5.88. The molecule has 1 aromatic heterocycles. The van der Waals surface area contributed by atoms with Crippen LogP contribution in [0.4, 0.5) is 0 Å². The summed E-state index contributed by atoms with van der Waals surface area (Å²) in [5, 5.41) is 3.46. The Morgan fingerprint density at radius 2 is 2.00 bits per heavy atom. The zero-order valence-corrected chi connectivity index (χ0v) is 13.3. The summed E-state index contributed by atoms with van der Waals surface area (Å²) in [4.78, 5) is 4.97. The summed E-state index contributed by atoms with van der Waals surface area (Å²) in [5.41, 5.74) is 2.85. The van der Waals surface area contributed by atoms with Crippen LogP contribution in [0.2, 0.25) is 0 Å². The van der Waals surface area contributed by atoms with Gasteiger partial charge in [0.05, 0.1) is 5.69 Å². The van der Waals surface area contributed by atoms with Gasteiger partial charge in [0.15, 0.2) is 0 Å². The minimum atomic E-state index is 0.532. The first kappa shape index (κ1) is 14.1. The summed E-state index contributed by atoms with van der Waals surface area (Å²) < 4.78 is 2.65. The van der Waals surface area contributed by atoms with Crippen molar-refractivity contribution >= 4 is 0 Å². The van der Waals surface area contributed by atoms with Crippen LogP contribution in [0.25, 0.3) is 0 Å². The van der Waals surface area contributed by atoms with Crippen LogP contribution in [-0.4, -0.2) is 16.1 Å². The zero-order valence-electron chi connectivity index (χ0n) is 13.3. The molecule has 112 valence electrons. The van der Waals surface area contributed by atoms with Crippen LogP contribution >= 0.6 is 0 Å². The predicted octanol–water partition coefficient (Wildman–Crippen LogP) is 3.79. The first-order valence-corrected chi connectivity index (χ1v) is 8.51. The molecule has 1 aromatic rings. The van der Waals surface area contributed by atoms with Crippen molar-refractivity contribution in [2.75, 3.05) is 6.54 Å². The fourth-order valence-electron chi connectivity index (χ4n) is 3.98. The third-order valence-electron chi connectivity index (χ3n) is 5.23. The van der Waals surface area contributed by atoms with Gasteiger partial charge >= 0.3 is 0 Å². The number of fused-ring (bicyclic) bond motifs is 1. The second-order valence-corrected chi connectivity index (χ2v) is 6.90. The Kier molecular flexibility index (Phi) is 4.16. The fraction of sp³-hybridized carbons (Fsp3) is 0.824. The molecular formula is C17H29N3. The van der Waals surface area contributed by atoms with Gasteiger partial charge < -0.3 is 9.88 Å². The van der Waals surface area contributed by atoms with Crippen molar-refractivity contribution in [3.8, 4) is 0 Å². The third-order valence-corrected chi connectivity index (χ3v) is 5.23. The maximum atomic E-state index is 4.97. The summed E-state index contributed by atoms with van der Waals surface area (Å²) in [6.45, 7) is 8.99. The maximum Gasteiger partial charge on any atom is 0.112 e. The van der Waals surface area contributed by atoms with Crippen molar-refractivity contribution in [1.82, 2.24) is 14.9 Å².